The lowest BCUT2D eigenvalue weighted by Crippen LogP contribution is -2.14. The Labute approximate surface area is 97.2 Å². The lowest BCUT2D eigenvalue weighted by Gasteiger charge is -2.05. The van der Waals surface area contributed by atoms with Crippen LogP contribution in [0, 0.1) is 9.62 Å². The topological polar surface area (TPSA) is 46.9 Å². The van der Waals surface area contributed by atoms with Gasteiger partial charge in [0.15, 0.2) is 0 Å². The van der Waals surface area contributed by atoms with Gasteiger partial charge in [0.25, 0.3) is 0 Å². The van der Waals surface area contributed by atoms with Gasteiger partial charge in [-0.3, -0.25) is 9.48 Å². The van der Waals surface area contributed by atoms with Crippen molar-refractivity contribution in [2.75, 3.05) is 5.32 Å². The maximum Gasteiger partial charge on any atom is 0.224 e. The van der Waals surface area contributed by atoms with Crippen molar-refractivity contribution in [1.82, 2.24) is 9.78 Å². The summed E-state index contributed by atoms with van der Waals surface area (Å²) in [6.45, 7) is 4.04. The molecule has 1 heterocycles. The predicted molar refractivity (Wildman–Crippen MR) is 64.0 cm³/mol. The molecule has 1 rings (SSSR count). The molecular formula is C9H14IN3O. The minimum absolute atomic E-state index is 0.0471. The molecule has 0 aliphatic heterocycles. The van der Waals surface area contributed by atoms with Crippen molar-refractivity contribution in [1.29, 1.82) is 0 Å². The molecule has 4 nitrogen and oxygen atoms in total. The number of hydrogen-bond donors (Lipinski definition) is 1. The minimum Gasteiger partial charge on any atom is -0.323 e. The first-order valence-corrected chi connectivity index (χ1v) is 5.56. The number of halogens is 1. The maximum absolute atomic E-state index is 11.4. The van der Waals surface area contributed by atoms with Crippen LogP contribution in [0.1, 0.15) is 20.3 Å². The normalized spacial score (nSPS) is 10.6. The van der Waals surface area contributed by atoms with Gasteiger partial charge in [-0.2, -0.15) is 5.10 Å². The van der Waals surface area contributed by atoms with Crippen LogP contribution in [-0.2, 0) is 11.8 Å². The number of rotatable bonds is 3. The monoisotopic (exact) mass is 307 g/mol. The van der Waals surface area contributed by atoms with Gasteiger partial charge in [-0.25, -0.2) is 0 Å². The van der Waals surface area contributed by atoms with Gasteiger partial charge < -0.3 is 5.32 Å². The number of carbonyl (C=O) groups is 1. The minimum atomic E-state index is 0.0471. The van der Waals surface area contributed by atoms with E-state index in [0.29, 0.717) is 12.3 Å². The van der Waals surface area contributed by atoms with Gasteiger partial charge in [-0.15, -0.1) is 0 Å². The Morgan fingerprint density at radius 2 is 2.36 bits per heavy atom. The summed E-state index contributed by atoms with van der Waals surface area (Å²) in [7, 11) is 1.85. The van der Waals surface area contributed by atoms with E-state index in [2.05, 4.69) is 33.0 Å². The van der Waals surface area contributed by atoms with Gasteiger partial charge in [0.05, 0.1) is 11.9 Å². The molecule has 0 bridgehead atoms. The summed E-state index contributed by atoms with van der Waals surface area (Å²) >= 11 is 2.15. The Morgan fingerprint density at radius 3 is 2.79 bits per heavy atom. The average molecular weight is 307 g/mol. The largest absolute Gasteiger partial charge is 0.323 e. The third-order valence-electron chi connectivity index (χ3n) is 1.73. The standard InChI is InChI=1S/C9H14IN3O/c1-6(2)4-8(14)12-7-5-11-13(3)9(7)10/h5-6H,4H2,1-3H3,(H,12,14). The van der Waals surface area contributed by atoms with Crippen LogP contribution in [0.2, 0.25) is 0 Å². The van der Waals surface area contributed by atoms with Crippen LogP contribution in [0.3, 0.4) is 0 Å². The van der Waals surface area contributed by atoms with E-state index in [9.17, 15) is 4.79 Å². The zero-order valence-electron chi connectivity index (χ0n) is 8.54. The molecule has 0 unspecified atom stereocenters. The Bertz CT molecular complexity index is 333. The molecule has 0 spiro atoms. The molecule has 1 aromatic heterocycles. The van der Waals surface area contributed by atoms with Crippen LogP contribution in [0.4, 0.5) is 5.69 Å². The zero-order valence-corrected chi connectivity index (χ0v) is 10.7. The molecule has 0 saturated heterocycles. The molecule has 1 N–H and O–H groups in total. The summed E-state index contributed by atoms with van der Waals surface area (Å²) in [4.78, 5) is 11.4. The second-order valence-corrected chi connectivity index (χ2v) is 4.64. The second-order valence-electron chi connectivity index (χ2n) is 3.62. The molecule has 14 heavy (non-hydrogen) atoms. The summed E-state index contributed by atoms with van der Waals surface area (Å²) in [6, 6.07) is 0. The summed E-state index contributed by atoms with van der Waals surface area (Å²) in [6.07, 6.45) is 2.21. The van der Waals surface area contributed by atoms with E-state index in [4.69, 9.17) is 0 Å². The molecule has 0 atom stereocenters. The Balaban J connectivity index is 2.61. The van der Waals surface area contributed by atoms with Crippen molar-refractivity contribution in [3.63, 3.8) is 0 Å². The van der Waals surface area contributed by atoms with E-state index in [1.54, 1.807) is 10.9 Å². The quantitative estimate of drug-likeness (QED) is 0.868. The van der Waals surface area contributed by atoms with Crippen molar-refractivity contribution < 1.29 is 4.79 Å². The fourth-order valence-corrected chi connectivity index (χ4v) is 1.48. The van der Waals surface area contributed by atoms with Crippen LogP contribution in [-0.4, -0.2) is 15.7 Å². The summed E-state index contributed by atoms with van der Waals surface area (Å²) in [5.41, 5.74) is 0.791. The molecule has 0 aliphatic carbocycles. The number of aromatic nitrogens is 2. The molecule has 1 amide bonds. The molecule has 0 aromatic carbocycles. The van der Waals surface area contributed by atoms with E-state index in [1.807, 2.05) is 20.9 Å². The van der Waals surface area contributed by atoms with E-state index in [1.165, 1.54) is 0 Å². The summed E-state index contributed by atoms with van der Waals surface area (Å²) < 4.78 is 2.67. The number of anilines is 1. The van der Waals surface area contributed by atoms with Gasteiger partial charge in [0, 0.05) is 13.5 Å². The number of amides is 1. The lowest BCUT2D eigenvalue weighted by molar-refractivity contribution is -0.116. The Kier molecular flexibility index (Phi) is 3.91. The van der Waals surface area contributed by atoms with E-state index >= 15 is 0 Å². The molecule has 78 valence electrons. The first-order chi connectivity index (χ1) is 6.50. The van der Waals surface area contributed by atoms with Crippen molar-refractivity contribution in [2.24, 2.45) is 13.0 Å². The van der Waals surface area contributed by atoms with Gasteiger partial charge in [-0.1, -0.05) is 13.8 Å². The lowest BCUT2D eigenvalue weighted by atomic mass is 10.1. The fourth-order valence-electron chi connectivity index (χ4n) is 1.08. The van der Waals surface area contributed by atoms with Crippen LogP contribution in [0.25, 0.3) is 0 Å². The Hall–Kier alpha value is -0.590. The predicted octanol–water partition coefficient (Wildman–Crippen LogP) is 2.01. The molecular weight excluding hydrogens is 293 g/mol. The number of nitrogens with one attached hydrogen (secondary N) is 1. The highest BCUT2D eigenvalue weighted by Gasteiger charge is 2.09. The highest BCUT2D eigenvalue weighted by Crippen LogP contribution is 2.16. The van der Waals surface area contributed by atoms with E-state index in [0.717, 1.165) is 9.39 Å². The van der Waals surface area contributed by atoms with Crippen molar-refractivity contribution in [3.8, 4) is 0 Å². The second kappa shape index (κ2) is 4.77. The highest BCUT2D eigenvalue weighted by atomic mass is 127. The van der Waals surface area contributed by atoms with Crippen LogP contribution >= 0.6 is 22.6 Å². The Morgan fingerprint density at radius 1 is 1.71 bits per heavy atom. The van der Waals surface area contributed by atoms with Gasteiger partial charge in [0.2, 0.25) is 5.91 Å². The van der Waals surface area contributed by atoms with Gasteiger partial charge in [-0.05, 0) is 28.5 Å². The number of aryl methyl sites for hydroxylation is 1. The SMILES string of the molecule is CC(C)CC(=O)Nc1cnn(C)c1I. The highest BCUT2D eigenvalue weighted by molar-refractivity contribution is 14.1. The third-order valence-corrected chi connectivity index (χ3v) is 3.01. The van der Waals surface area contributed by atoms with Crippen LogP contribution in [0.15, 0.2) is 6.20 Å². The first kappa shape index (κ1) is 11.5. The molecule has 5 heteroatoms. The average Bonchev–Trinajstić information content (AvgIpc) is 2.34. The van der Waals surface area contributed by atoms with Crippen molar-refractivity contribution in [3.05, 3.63) is 9.90 Å². The smallest absolute Gasteiger partial charge is 0.224 e. The fraction of sp³-hybridized carbons (Fsp3) is 0.556. The zero-order chi connectivity index (χ0) is 10.7. The third kappa shape index (κ3) is 2.97. The number of nitrogens with zero attached hydrogens (tertiary/aromatic N) is 2. The van der Waals surface area contributed by atoms with Crippen molar-refractivity contribution in [2.45, 2.75) is 20.3 Å². The van der Waals surface area contributed by atoms with E-state index < -0.39 is 0 Å². The number of carbonyl (C=O) groups excluding carboxylic acids is 1. The summed E-state index contributed by atoms with van der Waals surface area (Å²) in [5.74, 6) is 0.426. The van der Waals surface area contributed by atoms with Crippen molar-refractivity contribution >= 4 is 34.2 Å². The molecule has 0 fully saturated rings. The molecule has 1 aromatic rings. The van der Waals surface area contributed by atoms with Gasteiger partial charge in [0.1, 0.15) is 3.70 Å². The van der Waals surface area contributed by atoms with Crippen LogP contribution in [0.5, 0.6) is 0 Å². The number of hydrogen-bond acceptors (Lipinski definition) is 2. The summed E-state index contributed by atoms with van der Waals surface area (Å²) in [5, 5.41) is 6.88. The molecule has 0 saturated carbocycles. The van der Waals surface area contributed by atoms with Gasteiger partial charge >= 0.3 is 0 Å². The maximum atomic E-state index is 11.4. The molecule has 0 aliphatic rings. The van der Waals surface area contributed by atoms with Crippen LogP contribution < -0.4 is 5.32 Å². The molecule has 0 radical (unpaired) electrons. The first-order valence-electron chi connectivity index (χ1n) is 4.48. The van der Waals surface area contributed by atoms with E-state index in [-0.39, 0.29) is 5.91 Å².